The molecule has 0 amide bonds. The number of aromatic hydroxyl groups is 1. The molecule has 0 aliphatic heterocycles. The van der Waals surface area contributed by atoms with Gasteiger partial charge in [0.1, 0.15) is 5.75 Å². The molecule has 0 aromatic heterocycles. The maximum absolute atomic E-state index is 11.5. The molecule has 4 nitrogen and oxygen atoms in total. The number of rotatable bonds is 5. The summed E-state index contributed by atoms with van der Waals surface area (Å²) < 4.78 is 4.87. The molecule has 4 heteroatoms. The first-order chi connectivity index (χ1) is 8.45. The first-order valence-electron chi connectivity index (χ1n) is 5.78. The molecule has 0 saturated heterocycles. The van der Waals surface area contributed by atoms with E-state index in [1.165, 1.54) is 18.2 Å². The molecule has 1 atom stereocenters. The number of phenols is 1. The van der Waals surface area contributed by atoms with Crippen molar-refractivity contribution >= 4 is 5.97 Å². The summed E-state index contributed by atoms with van der Waals surface area (Å²) in [6, 6.07) is 4.44. The van der Waals surface area contributed by atoms with Gasteiger partial charge in [-0.05, 0) is 37.6 Å². The van der Waals surface area contributed by atoms with Crippen molar-refractivity contribution in [3.05, 3.63) is 41.5 Å². The van der Waals surface area contributed by atoms with Gasteiger partial charge in [0.2, 0.25) is 0 Å². The summed E-state index contributed by atoms with van der Waals surface area (Å²) in [4.78, 5) is 11.5. The lowest BCUT2D eigenvalue weighted by Crippen LogP contribution is -2.12. The van der Waals surface area contributed by atoms with Crippen LogP contribution < -0.4 is 0 Å². The molecule has 0 fully saturated rings. The number of carbonyl (C=O) groups excluding carboxylic acids is 1. The molecular formula is C14H18O4. The van der Waals surface area contributed by atoms with Crippen molar-refractivity contribution in [1.82, 2.24) is 0 Å². The van der Waals surface area contributed by atoms with Crippen LogP contribution in [-0.4, -0.2) is 28.9 Å². The molecule has 0 spiro atoms. The van der Waals surface area contributed by atoms with Gasteiger partial charge in [-0.1, -0.05) is 12.2 Å². The van der Waals surface area contributed by atoms with E-state index < -0.39 is 12.1 Å². The maximum atomic E-state index is 11.5. The Hall–Kier alpha value is -1.81. The van der Waals surface area contributed by atoms with Crippen LogP contribution in [-0.2, 0) is 11.2 Å². The number of benzene rings is 1. The Morgan fingerprint density at radius 1 is 1.50 bits per heavy atom. The summed E-state index contributed by atoms with van der Waals surface area (Å²) in [5.41, 5.74) is 1.46. The Bertz CT molecular complexity index is 451. The predicted molar refractivity (Wildman–Crippen MR) is 68.6 cm³/mol. The average Bonchev–Trinajstić information content (AvgIpc) is 2.31. The molecule has 0 aliphatic carbocycles. The highest BCUT2D eigenvalue weighted by Gasteiger charge is 2.13. The fraction of sp³-hybridized carbons (Fsp3) is 0.357. The number of hydrogen-bond acceptors (Lipinski definition) is 4. The van der Waals surface area contributed by atoms with Gasteiger partial charge in [-0.15, -0.1) is 0 Å². The minimum atomic E-state index is -0.742. The molecule has 0 heterocycles. The Morgan fingerprint density at radius 2 is 2.17 bits per heavy atom. The number of aliphatic hydroxyl groups is 1. The van der Waals surface area contributed by atoms with Gasteiger partial charge < -0.3 is 14.9 Å². The lowest BCUT2D eigenvalue weighted by Gasteiger charge is -2.12. The number of phenolic OH excluding ortho intramolecular Hbond substituents is 1. The van der Waals surface area contributed by atoms with Gasteiger partial charge in [0, 0.05) is 6.42 Å². The molecule has 18 heavy (non-hydrogen) atoms. The Labute approximate surface area is 107 Å². The molecule has 1 aromatic carbocycles. The van der Waals surface area contributed by atoms with Gasteiger partial charge in [0.25, 0.3) is 0 Å². The highest BCUT2D eigenvalue weighted by molar-refractivity contribution is 5.89. The third-order valence-electron chi connectivity index (χ3n) is 2.57. The third kappa shape index (κ3) is 3.60. The number of ether oxygens (including phenoxy) is 1. The zero-order chi connectivity index (χ0) is 13.7. The summed E-state index contributed by atoms with van der Waals surface area (Å²) in [5.74, 6) is -0.396. The molecule has 0 bridgehead atoms. The Balaban J connectivity index is 2.94. The van der Waals surface area contributed by atoms with Gasteiger partial charge in [-0.2, -0.15) is 0 Å². The molecule has 1 rings (SSSR count). The van der Waals surface area contributed by atoms with Gasteiger partial charge in [-0.25, -0.2) is 4.79 Å². The van der Waals surface area contributed by atoms with Crippen LogP contribution in [0.1, 0.15) is 29.8 Å². The summed E-state index contributed by atoms with van der Waals surface area (Å²) >= 11 is 0. The van der Waals surface area contributed by atoms with E-state index in [2.05, 4.69) is 6.58 Å². The fourth-order valence-corrected chi connectivity index (χ4v) is 1.47. The van der Waals surface area contributed by atoms with Crippen LogP contribution in [0.15, 0.2) is 30.4 Å². The number of aliphatic hydroxyl groups excluding tert-OH is 1. The number of esters is 1. The molecule has 1 aromatic rings. The van der Waals surface area contributed by atoms with Crippen molar-refractivity contribution in [3.63, 3.8) is 0 Å². The normalized spacial score (nSPS) is 11.9. The van der Waals surface area contributed by atoms with Crippen molar-refractivity contribution < 1.29 is 19.7 Å². The molecular weight excluding hydrogens is 232 g/mol. The van der Waals surface area contributed by atoms with E-state index >= 15 is 0 Å². The van der Waals surface area contributed by atoms with Crippen molar-refractivity contribution in [2.75, 3.05) is 6.61 Å². The minimum Gasteiger partial charge on any atom is -0.508 e. The first-order valence-corrected chi connectivity index (χ1v) is 5.78. The van der Waals surface area contributed by atoms with Gasteiger partial charge in [0.05, 0.1) is 18.3 Å². The first kappa shape index (κ1) is 14.3. The zero-order valence-electron chi connectivity index (χ0n) is 10.6. The Morgan fingerprint density at radius 3 is 2.72 bits per heavy atom. The van der Waals surface area contributed by atoms with Crippen LogP contribution in [0.2, 0.25) is 0 Å². The molecule has 0 saturated carbocycles. The van der Waals surface area contributed by atoms with E-state index in [1.807, 2.05) is 0 Å². The van der Waals surface area contributed by atoms with Crippen LogP contribution in [0.3, 0.4) is 0 Å². The van der Waals surface area contributed by atoms with Crippen molar-refractivity contribution in [2.24, 2.45) is 0 Å². The lowest BCUT2D eigenvalue weighted by atomic mass is 10.0. The quantitative estimate of drug-likeness (QED) is 0.620. The van der Waals surface area contributed by atoms with E-state index in [-0.39, 0.29) is 12.2 Å². The van der Waals surface area contributed by atoms with Crippen LogP contribution in [0, 0.1) is 0 Å². The second-order valence-corrected chi connectivity index (χ2v) is 4.13. The molecule has 2 N–H and O–H groups in total. The zero-order valence-corrected chi connectivity index (χ0v) is 10.6. The highest BCUT2D eigenvalue weighted by atomic mass is 16.5. The van der Waals surface area contributed by atoms with Gasteiger partial charge in [0.15, 0.2) is 0 Å². The lowest BCUT2D eigenvalue weighted by molar-refractivity contribution is 0.0526. The highest BCUT2D eigenvalue weighted by Crippen LogP contribution is 2.22. The van der Waals surface area contributed by atoms with Crippen LogP contribution >= 0.6 is 0 Å². The monoisotopic (exact) mass is 250 g/mol. The van der Waals surface area contributed by atoms with Crippen LogP contribution in [0.4, 0.5) is 0 Å². The van der Waals surface area contributed by atoms with Gasteiger partial charge in [-0.3, -0.25) is 0 Å². The van der Waals surface area contributed by atoms with Crippen molar-refractivity contribution in [1.29, 1.82) is 0 Å². The summed E-state index contributed by atoms with van der Waals surface area (Å²) in [5, 5.41) is 19.4. The third-order valence-corrected chi connectivity index (χ3v) is 2.57. The van der Waals surface area contributed by atoms with E-state index in [9.17, 15) is 15.0 Å². The molecule has 0 aliphatic rings. The van der Waals surface area contributed by atoms with Crippen LogP contribution in [0.5, 0.6) is 5.75 Å². The summed E-state index contributed by atoms with van der Waals surface area (Å²) in [6.07, 6.45) is -0.526. The second-order valence-electron chi connectivity index (χ2n) is 4.13. The standard InChI is InChI=1S/C14H18O4/c1-4-18-14(17)10-5-6-12(15)11(7-10)8-13(16)9(2)3/h5-7,13,15-16H,2,4,8H2,1,3H3/t13-/m1/s1. The van der Waals surface area contributed by atoms with Crippen LogP contribution in [0.25, 0.3) is 0 Å². The molecule has 98 valence electrons. The molecule has 0 unspecified atom stereocenters. The van der Waals surface area contributed by atoms with E-state index in [4.69, 9.17) is 4.74 Å². The maximum Gasteiger partial charge on any atom is 0.338 e. The molecule has 0 radical (unpaired) electrons. The largest absolute Gasteiger partial charge is 0.508 e. The smallest absolute Gasteiger partial charge is 0.338 e. The minimum absolute atomic E-state index is 0.0448. The van der Waals surface area contributed by atoms with Crippen molar-refractivity contribution in [3.8, 4) is 5.75 Å². The number of carbonyl (C=O) groups is 1. The second kappa shape index (κ2) is 6.21. The average molecular weight is 250 g/mol. The van der Waals surface area contributed by atoms with Gasteiger partial charge >= 0.3 is 5.97 Å². The van der Waals surface area contributed by atoms with E-state index in [0.29, 0.717) is 23.3 Å². The fourth-order valence-electron chi connectivity index (χ4n) is 1.47. The summed E-state index contributed by atoms with van der Waals surface area (Å²) in [6.45, 7) is 7.37. The summed E-state index contributed by atoms with van der Waals surface area (Å²) in [7, 11) is 0. The SMILES string of the molecule is C=C(C)[C@H](O)Cc1cc(C(=O)OCC)ccc1O. The Kier molecular flexibility index (Phi) is 4.92. The van der Waals surface area contributed by atoms with E-state index in [0.717, 1.165) is 0 Å². The predicted octanol–water partition coefficient (Wildman–Crippen LogP) is 2.05. The topological polar surface area (TPSA) is 66.8 Å². The van der Waals surface area contributed by atoms with Crippen molar-refractivity contribution in [2.45, 2.75) is 26.4 Å². The van der Waals surface area contributed by atoms with E-state index in [1.54, 1.807) is 13.8 Å². The number of hydrogen-bond donors (Lipinski definition) is 2.